The van der Waals surface area contributed by atoms with Crippen molar-refractivity contribution in [3.63, 3.8) is 0 Å². The van der Waals surface area contributed by atoms with E-state index in [0.717, 1.165) is 49.2 Å². The highest BCUT2D eigenvalue weighted by Crippen LogP contribution is 2.36. The molecule has 2 unspecified atom stereocenters. The summed E-state index contributed by atoms with van der Waals surface area (Å²) in [4.78, 5) is 28.2. The van der Waals surface area contributed by atoms with Gasteiger partial charge < -0.3 is 20.2 Å². The summed E-state index contributed by atoms with van der Waals surface area (Å²) < 4.78 is 0. The lowest BCUT2D eigenvalue weighted by Gasteiger charge is -2.44. The van der Waals surface area contributed by atoms with Crippen molar-refractivity contribution in [1.29, 1.82) is 0 Å². The first-order valence-electron chi connectivity index (χ1n) is 11.5. The van der Waals surface area contributed by atoms with Crippen molar-refractivity contribution in [3.8, 4) is 0 Å². The number of allylic oxidation sites excluding steroid dienone is 2. The molecule has 1 amide bonds. The number of piperidine rings is 1. The highest BCUT2D eigenvalue weighted by Gasteiger charge is 2.38. The smallest absolute Gasteiger partial charge is 0.407 e. The average Bonchev–Trinajstić information content (AvgIpc) is 3.17. The van der Waals surface area contributed by atoms with Crippen LogP contribution in [0, 0.1) is 11.3 Å². The molecule has 4 rings (SSSR count). The molecule has 170 valence electrons. The average molecular weight is 436 g/mol. The molecule has 1 saturated heterocycles. The van der Waals surface area contributed by atoms with Crippen molar-refractivity contribution >= 4 is 17.6 Å². The topological polar surface area (TPSA) is 72.9 Å². The maximum absolute atomic E-state index is 12.6. The van der Waals surface area contributed by atoms with Crippen molar-refractivity contribution in [2.75, 3.05) is 25.0 Å². The predicted molar refractivity (Wildman–Crippen MR) is 126 cm³/mol. The molecule has 2 aliphatic heterocycles. The van der Waals surface area contributed by atoms with E-state index in [4.69, 9.17) is 0 Å². The van der Waals surface area contributed by atoms with Gasteiger partial charge in [-0.15, -0.1) is 0 Å². The largest absolute Gasteiger partial charge is 0.465 e. The Morgan fingerprint density at radius 3 is 2.62 bits per heavy atom. The molecule has 6 nitrogen and oxygen atoms in total. The van der Waals surface area contributed by atoms with Gasteiger partial charge in [-0.2, -0.15) is 0 Å². The first kappa shape index (κ1) is 22.2. The number of carbonyl (C=O) groups excluding carboxylic acids is 1. The van der Waals surface area contributed by atoms with Gasteiger partial charge >= 0.3 is 6.09 Å². The van der Waals surface area contributed by atoms with E-state index in [9.17, 15) is 14.7 Å². The van der Waals surface area contributed by atoms with Gasteiger partial charge in [0.1, 0.15) is 0 Å². The maximum atomic E-state index is 12.6. The van der Waals surface area contributed by atoms with Gasteiger partial charge in [0.15, 0.2) is 0 Å². The first-order valence-corrected chi connectivity index (χ1v) is 11.5. The summed E-state index contributed by atoms with van der Waals surface area (Å²) in [5.74, 6) is 0.515. The summed E-state index contributed by atoms with van der Waals surface area (Å²) >= 11 is 0. The molecular weight excluding hydrogens is 402 g/mol. The Labute approximate surface area is 190 Å². The molecule has 3 aliphatic rings. The standard InChI is InChI=1S/C26H33N3O3/c1-26(2,3)23-15-18(12-14-29(23)25(31)32)11-13-28-16-19-9-10-22(30)24(21(19)17-28)27-20-7-5-4-6-8-20/h4-10,16,18,23,27H,11-15,17H2,1-3H3,(H,31,32). The lowest BCUT2D eigenvalue weighted by molar-refractivity contribution is -0.111. The molecule has 2 atom stereocenters. The third kappa shape index (κ3) is 4.74. The normalized spacial score (nSPS) is 23.3. The van der Waals surface area contributed by atoms with Crippen LogP contribution in [0.25, 0.3) is 0 Å². The molecule has 1 fully saturated rings. The summed E-state index contributed by atoms with van der Waals surface area (Å²) in [6.45, 7) is 8.62. The molecule has 0 radical (unpaired) electrons. The number of anilines is 1. The second kappa shape index (κ2) is 8.85. The zero-order valence-electron chi connectivity index (χ0n) is 19.2. The Hall–Kier alpha value is -3.02. The minimum atomic E-state index is -0.807. The third-order valence-corrected chi connectivity index (χ3v) is 6.82. The van der Waals surface area contributed by atoms with E-state index >= 15 is 0 Å². The number of hydrogen-bond acceptors (Lipinski definition) is 4. The van der Waals surface area contributed by atoms with E-state index < -0.39 is 6.09 Å². The second-order valence-corrected chi connectivity index (χ2v) is 10.1. The van der Waals surface area contributed by atoms with Crippen molar-refractivity contribution < 1.29 is 14.7 Å². The molecule has 2 N–H and O–H groups in total. The number of carboxylic acid groups (broad SMARTS) is 1. The van der Waals surface area contributed by atoms with Gasteiger partial charge in [0.25, 0.3) is 0 Å². The Balaban J connectivity index is 1.40. The van der Waals surface area contributed by atoms with Gasteiger partial charge in [-0.1, -0.05) is 39.0 Å². The Morgan fingerprint density at radius 1 is 1.19 bits per heavy atom. The molecule has 0 saturated carbocycles. The molecule has 2 heterocycles. The number of para-hydroxylation sites is 1. The van der Waals surface area contributed by atoms with E-state index in [-0.39, 0.29) is 17.2 Å². The summed E-state index contributed by atoms with van der Waals surface area (Å²) in [5.41, 5.74) is 3.64. The SMILES string of the molecule is CC(C)(C)C1CC(CCN2C=C3C=CC(=O)C(Nc4ccccc4)=C3C2)CCN1C(=O)O. The van der Waals surface area contributed by atoms with E-state index in [1.54, 1.807) is 11.0 Å². The lowest BCUT2D eigenvalue weighted by atomic mass is 9.76. The van der Waals surface area contributed by atoms with Gasteiger partial charge in [-0.25, -0.2) is 4.79 Å². The van der Waals surface area contributed by atoms with Gasteiger partial charge in [0.2, 0.25) is 5.78 Å². The van der Waals surface area contributed by atoms with Crippen LogP contribution in [0.1, 0.15) is 40.0 Å². The van der Waals surface area contributed by atoms with Crippen LogP contribution >= 0.6 is 0 Å². The summed E-state index contributed by atoms with van der Waals surface area (Å²) in [6, 6.07) is 9.83. The van der Waals surface area contributed by atoms with Crippen LogP contribution in [0.15, 0.2) is 65.5 Å². The van der Waals surface area contributed by atoms with Crippen LogP contribution in [0.2, 0.25) is 0 Å². The molecular formula is C26H33N3O3. The lowest BCUT2D eigenvalue weighted by Crippen LogP contribution is -2.51. The van der Waals surface area contributed by atoms with Gasteiger partial charge in [0.05, 0.1) is 5.70 Å². The molecule has 0 spiro atoms. The first-order chi connectivity index (χ1) is 15.2. The van der Waals surface area contributed by atoms with Crippen LogP contribution in [0.3, 0.4) is 0 Å². The van der Waals surface area contributed by atoms with E-state index in [2.05, 4.69) is 37.2 Å². The number of hydrogen-bond donors (Lipinski definition) is 2. The van der Waals surface area contributed by atoms with Crippen molar-refractivity contribution in [3.05, 3.63) is 65.5 Å². The number of nitrogens with zero attached hydrogens (tertiary/aromatic N) is 2. The predicted octanol–water partition coefficient (Wildman–Crippen LogP) is 4.89. The fourth-order valence-corrected chi connectivity index (χ4v) is 5.02. The fraction of sp³-hybridized carbons (Fsp3) is 0.462. The van der Waals surface area contributed by atoms with Gasteiger partial charge in [-0.3, -0.25) is 4.79 Å². The summed E-state index contributed by atoms with van der Waals surface area (Å²) in [6.07, 6.45) is 7.73. The van der Waals surface area contributed by atoms with Crippen molar-refractivity contribution in [2.24, 2.45) is 11.3 Å². The summed E-state index contributed by atoms with van der Waals surface area (Å²) in [5, 5.41) is 12.9. The van der Waals surface area contributed by atoms with Crippen LogP contribution < -0.4 is 5.32 Å². The van der Waals surface area contributed by atoms with E-state index in [0.29, 0.717) is 18.2 Å². The quantitative estimate of drug-likeness (QED) is 0.689. The minimum Gasteiger partial charge on any atom is -0.465 e. The van der Waals surface area contributed by atoms with Gasteiger partial charge in [0, 0.05) is 43.1 Å². The Bertz CT molecular complexity index is 972. The molecule has 0 aromatic heterocycles. The maximum Gasteiger partial charge on any atom is 0.407 e. The molecule has 32 heavy (non-hydrogen) atoms. The molecule has 1 aromatic carbocycles. The second-order valence-electron chi connectivity index (χ2n) is 10.1. The van der Waals surface area contributed by atoms with E-state index in [1.807, 2.05) is 36.4 Å². The number of amides is 1. The Kier molecular flexibility index (Phi) is 6.13. The zero-order chi connectivity index (χ0) is 22.9. The minimum absolute atomic E-state index is 0.0110. The van der Waals surface area contributed by atoms with Gasteiger partial charge in [-0.05, 0) is 60.5 Å². The fourth-order valence-electron chi connectivity index (χ4n) is 5.02. The molecule has 0 bridgehead atoms. The number of carbonyl (C=O) groups is 2. The van der Waals surface area contributed by atoms with Crippen LogP contribution in [-0.2, 0) is 4.79 Å². The number of rotatable bonds is 5. The van der Waals surface area contributed by atoms with Crippen LogP contribution in [0.5, 0.6) is 0 Å². The monoisotopic (exact) mass is 435 g/mol. The van der Waals surface area contributed by atoms with Crippen molar-refractivity contribution in [2.45, 2.75) is 46.1 Å². The number of likely N-dealkylation sites (tertiary alicyclic amines) is 1. The third-order valence-electron chi connectivity index (χ3n) is 6.82. The van der Waals surface area contributed by atoms with Crippen molar-refractivity contribution in [1.82, 2.24) is 9.80 Å². The number of fused-ring (bicyclic) bond motifs is 1. The number of nitrogens with one attached hydrogen (secondary N) is 1. The zero-order valence-corrected chi connectivity index (χ0v) is 19.2. The number of benzene rings is 1. The highest BCUT2D eigenvalue weighted by molar-refractivity contribution is 6.09. The highest BCUT2D eigenvalue weighted by atomic mass is 16.4. The molecule has 1 aromatic rings. The molecule has 1 aliphatic carbocycles. The summed E-state index contributed by atoms with van der Waals surface area (Å²) in [7, 11) is 0. The Morgan fingerprint density at radius 2 is 1.94 bits per heavy atom. The number of ketones is 1. The van der Waals surface area contributed by atoms with Crippen LogP contribution in [0.4, 0.5) is 10.5 Å². The van der Waals surface area contributed by atoms with Crippen LogP contribution in [-0.4, -0.2) is 52.5 Å². The van der Waals surface area contributed by atoms with E-state index in [1.165, 1.54) is 0 Å². The molecule has 6 heteroatoms.